The Balaban J connectivity index is 1.90. The predicted octanol–water partition coefficient (Wildman–Crippen LogP) is 3.60. The van der Waals surface area contributed by atoms with E-state index in [0.717, 1.165) is 5.69 Å². The Morgan fingerprint density at radius 3 is 2.33 bits per heavy atom. The van der Waals surface area contributed by atoms with Gasteiger partial charge in [-0.2, -0.15) is 0 Å². The highest BCUT2D eigenvalue weighted by atomic mass is 35.5. The molecule has 4 N–H and O–H groups in total. The number of aromatic nitrogens is 3. The molecule has 2 aromatic heterocycles. The maximum Gasteiger partial charge on any atom is 0.159 e. The number of nitrogens with zero attached hydrogens (tertiary/aromatic N) is 3. The first-order valence-electron chi connectivity index (χ1n) is 7.07. The van der Waals surface area contributed by atoms with Crippen molar-refractivity contribution in [1.82, 2.24) is 15.0 Å². The molecule has 3 rings (SSSR count). The lowest BCUT2D eigenvalue weighted by atomic mass is 10.3. The minimum absolute atomic E-state index is 0.328. The number of methoxy groups -OCH3 is 1. The van der Waals surface area contributed by atoms with Gasteiger partial charge < -0.3 is 21.1 Å². The summed E-state index contributed by atoms with van der Waals surface area (Å²) in [6.07, 6.45) is 3.01. The number of ether oxygens (including phenoxy) is 1. The molecule has 2 heterocycles. The zero-order valence-electron chi connectivity index (χ0n) is 12.8. The van der Waals surface area contributed by atoms with Gasteiger partial charge in [0.2, 0.25) is 0 Å². The predicted molar refractivity (Wildman–Crippen MR) is 95.3 cm³/mol. The molecule has 0 atom stereocenters. The number of hydrogen-bond acceptors (Lipinski definition) is 7. The number of nitrogen functional groups attached to an aromatic ring is 1. The Morgan fingerprint density at radius 2 is 1.62 bits per heavy atom. The van der Waals surface area contributed by atoms with Gasteiger partial charge in [-0.25, -0.2) is 15.0 Å². The normalized spacial score (nSPS) is 10.2. The van der Waals surface area contributed by atoms with Crippen LogP contribution in [0.4, 0.5) is 28.7 Å². The summed E-state index contributed by atoms with van der Waals surface area (Å²) in [6, 6.07) is 11.0. The zero-order valence-corrected chi connectivity index (χ0v) is 13.6. The molecule has 0 aliphatic heterocycles. The summed E-state index contributed by atoms with van der Waals surface area (Å²) in [5.41, 5.74) is 7.87. The smallest absolute Gasteiger partial charge is 0.159 e. The third kappa shape index (κ3) is 3.31. The Morgan fingerprint density at radius 1 is 0.958 bits per heavy atom. The number of hydrogen-bond donors (Lipinski definition) is 3. The van der Waals surface area contributed by atoms with E-state index >= 15 is 0 Å². The standard InChI is InChI=1S/C16H15ClN6O/c1-24-12-7-3-2-5-10(12)22-15-13(18)16(21-9-20-15)23-11-6-4-8-19-14(11)17/h2-9H,18H2,1H3,(H2,20,21,22,23). The largest absolute Gasteiger partial charge is 0.495 e. The summed E-state index contributed by atoms with van der Waals surface area (Å²) in [7, 11) is 1.60. The van der Waals surface area contributed by atoms with Gasteiger partial charge in [0.1, 0.15) is 17.8 Å². The lowest BCUT2D eigenvalue weighted by Crippen LogP contribution is -2.06. The van der Waals surface area contributed by atoms with E-state index in [2.05, 4.69) is 25.6 Å². The highest BCUT2D eigenvalue weighted by molar-refractivity contribution is 6.32. The van der Waals surface area contributed by atoms with E-state index in [-0.39, 0.29) is 0 Å². The van der Waals surface area contributed by atoms with Gasteiger partial charge in [0.15, 0.2) is 16.8 Å². The van der Waals surface area contributed by atoms with E-state index in [1.807, 2.05) is 24.3 Å². The molecule has 8 heteroatoms. The second kappa shape index (κ2) is 7.01. The topological polar surface area (TPSA) is 98.0 Å². The molecule has 7 nitrogen and oxygen atoms in total. The van der Waals surface area contributed by atoms with E-state index in [9.17, 15) is 0 Å². The number of anilines is 5. The monoisotopic (exact) mass is 342 g/mol. The Kier molecular flexibility index (Phi) is 4.62. The van der Waals surface area contributed by atoms with Gasteiger partial charge in [-0.15, -0.1) is 0 Å². The van der Waals surface area contributed by atoms with Crippen molar-refractivity contribution in [2.45, 2.75) is 0 Å². The van der Waals surface area contributed by atoms with Crippen molar-refractivity contribution in [2.24, 2.45) is 0 Å². The van der Waals surface area contributed by atoms with Crippen LogP contribution in [0.25, 0.3) is 0 Å². The van der Waals surface area contributed by atoms with Crippen molar-refractivity contribution in [2.75, 3.05) is 23.5 Å². The van der Waals surface area contributed by atoms with Crippen molar-refractivity contribution >= 4 is 40.3 Å². The van der Waals surface area contributed by atoms with Crippen LogP contribution in [0.3, 0.4) is 0 Å². The number of pyridine rings is 1. The molecular formula is C16H15ClN6O. The molecule has 24 heavy (non-hydrogen) atoms. The molecule has 0 aliphatic carbocycles. The number of nitrogens with one attached hydrogen (secondary N) is 2. The Bertz CT molecular complexity index is 857. The molecule has 0 amide bonds. The van der Waals surface area contributed by atoms with E-state index < -0.39 is 0 Å². The SMILES string of the molecule is COc1ccccc1Nc1ncnc(Nc2cccnc2Cl)c1N. The van der Waals surface area contributed by atoms with Crippen LogP contribution in [-0.2, 0) is 0 Å². The molecule has 0 saturated carbocycles. The van der Waals surface area contributed by atoms with Crippen LogP contribution >= 0.6 is 11.6 Å². The van der Waals surface area contributed by atoms with Crippen molar-refractivity contribution in [3.8, 4) is 5.75 Å². The number of benzene rings is 1. The van der Waals surface area contributed by atoms with Gasteiger partial charge in [-0.1, -0.05) is 23.7 Å². The summed E-state index contributed by atoms with van der Waals surface area (Å²) in [4.78, 5) is 12.3. The van der Waals surface area contributed by atoms with Gasteiger partial charge in [-0.3, -0.25) is 0 Å². The Labute approximate surface area is 143 Å². The molecule has 0 fully saturated rings. The van der Waals surface area contributed by atoms with Gasteiger partial charge in [0.25, 0.3) is 0 Å². The van der Waals surface area contributed by atoms with Gasteiger partial charge in [0, 0.05) is 6.20 Å². The third-order valence-electron chi connectivity index (χ3n) is 3.26. The van der Waals surface area contributed by atoms with Crippen LogP contribution < -0.4 is 21.1 Å². The summed E-state index contributed by atoms with van der Waals surface area (Å²) in [5.74, 6) is 1.56. The highest BCUT2D eigenvalue weighted by Crippen LogP contribution is 2.32. The van der Waals surface area contributed by atoms with Gasteiger partial charge in [-0.05, 0) is 24.3 Å². The molecule has 0 saturated heterocycles. The van der Waals surface area contributed by atoms with Crippen LogP contribution in [-0.4, -0.2) is 22.1 Å². The van der Waals surface area contributed by atoms with Crippen LogP contribution in [0.1, 0.15) is 0 Å². The fourth-order valence-electron chi connectivity index (χ4n) is 2.08. The second-order valence-corrected chi connectivity index (χ2v) is 5.13. The molecule has 0 radical (unpaired) electrons. The number of nitrogens with two attached hydrogens (primary N) is 1. The summed E-state index contributed by atoms with van der Waals surface area (Å²) < 4.78 is 5.31. The molecule has 0 spiro atoms. The quantitative estimate of drug-likeness (QED) is 0.609. The first kappa shape index (κ1) is 15.8. The maximum atomic E-state index is 6.17. The Hall–Kier alpha value is -3.06. The van der Waals surface area contributed by atoms with Crippen LogP contribution in [0.5, 0.6) is 5.75 Å². The fraction of sp³-hybridized carbons (Fsp3) is 0.0625. The van der Waals surface area contributed by atoms with E-state index in [4.69, 9.17) is 22.1 Å². The van der Waals surface area contributed by atoms with Crippen molar-refractivity contribution < 1.29 is 4.74 Å². The highest BCUT2D eigenvalue weighted by Gasteiger charge is 2.12. The van der Waals surface area contributed by atoms with E-state index in [0.29, 0.717) is 33.9 Å². The first-order chi connectivity index (χ1) is 11.7. The van der Waals surface area contributed by atoms with Gasteiger partial charge >= 0.3 is 0 Å². The van der Waals surface area contributed by atoms with Crippen molar-refractivity contribution in [3.63, 3.8) is 0 Å². The molecular weight excluding hydrogens is 328 g/mol. The molecule has 3 aromatic rings. The molecule has 122 valence electrons. The van der Waals surface area contributed by atoms with Crippen molar-refractivity contribution in [1.29, 1.82) is 0 Å². The lowest BCUT2D eigenvalue weighted by molar-refractivity contribution is 0.417. The van der Waals surface area contributed by atoms with E-state index in [1.165, 1.54) is 6.33 Å². The molecule has 0 bridgehead atoms. The minimum atomic E-state index is 0.328. The van der Waals surface area contributed by atoms with Crippen LogP contribution in [0.15, 0.2) is 48.9 Å². The van der Waals surface area contributed by atoms with E-state index in [1.54, 1.807) is 25.4 Å². The number of para-hydroxylation sites is 2. The average molecular weight is 343 g/mol. The average Bonchev–Trinajstić information content (AvgIpc) is 2.61. The third-order valence-corrected chi connectivity index (χ3v) is 3.56. The second-order valence-electron chi connectivity index (χ2n) is 4.78. The number of halogens is 1. The molecule has 0 unspecified atom stereocenters. The van der Waals surface area contributed by atoms with Gasteiger partial charge in [0.05, 0.1) is 18.5 Å². The van der Waals surface area contributed by atoms with Crippen molar-refractivity contribution in [3.05, 3.63) is 54.1 Å². The van der Waals surface area contributed by atoms with Crippen LogP contribution in [0, 0.1) is 0 Å². The maximum absolute atomic E-state index is 6.17. The number of rotatable bonds is 5. The first-order valence-corrected chi connectivity index (χ1v) is 7.45. The van der Waals surface area contributed by atoms with Crippen LogP contribution in [0.2, 0.25) is 5.15 Å². The summed E-state index contributed by atoms with van der Waals surface area (Å²) in [6.45, 7) is 0. The minimum Gasteiger partial charge on any atom is -0.495 e. The molecule has 1 aromatic carbocycles. The zero-order chi connectivity index (χ0) is 16.9. The lowest BCUT2D eigenvalue weighted by Gasteiger charge is -2.14. The fourth-order valence-corrected chi connectivity index (χ4v) is 2.24. The molecule has 0 aliphatic rings. The summed E-state index contributed by atoms with van der Waals surface area (Å²) in [5, 5.41) is 6.52. The summed E-state index contributed by atoms with van der Waals surface area (Å²) >= 11 is 6.05.